The molecule has 5 rings (SSSR count). The van der Waals surface area contributed by atoms with Gasteiger partial charge in [-0.25, -0.2) is 14.6 Å². The Hall–Kier alpha value is -4.79. The smallest absolute Gasteiger partial charge is 0.413 e. The van der Waals surface area contributed by atoms with Crippen molar-refractivity contribution in [1.82, 2.24) is 9.55 Å². The lowest BCUT2D eigenvalue weighted by Gasteiger charge is -2.26. The van der Waals surface area contributed by atoms with Gasteiger partial charge in [-0.1, -0.05) is 6.07 Å². The Morgan fingerprint density at radius 2 is 1.85 bits per heavy atom. The number of esters is 1. The molecule has 1 N–H and O–H groups in total. The van der Waals surface area contributed by atoms with Crippen molar-refractivity contribution in [3.8, 4) is 11.5 Å². The van der Waals surface area contributed by atoms with Crippen LogP contribution in [0.3, 0.4) is 0 Å². The highest BCUT2D eigenvalue weighted by Gasteiger charge is 2.23. The average molecular weight is 542 g/mol. The second-order valence-corrected chi connectivity index (χ2v) is 9.34. The van der Waals surface area contributed by atoms with E-state index in [1.165, 1.54) is 11.0 Å². The summed E-state index contributed by atoms with van der Waals surface area (Å²) in [6.45, 7) is 2.92. The van der Waals surface area contributed by atoms with Crippen LogP contribution in [-0.2, 0) is 22.4 Å². The van der Waals surface area contributed by atoms with Gasteiger partial charge in [0.05, 0.1) is 31.5 Å². The van der Waals surface area contributed by atoms with Crippen LogP contribution in [-0.4, -0.2) is 53.6 Å². The molecule has 1 amide bonds. The average Bonchev–Trinajstić information content (AvgIpc) is 3.39. The van der Waals surface area contributed by atoms with Gasteiger partial charge in [-0.15, -0.1) is 0 Å². The minimum absolute atomic E-state index is 0.289. The maximum atomic E-state index is 12.4. The Labute approximate surface area is 232 Å². The SMILES string of the molecule is CCOC(=O)/C=C(\c1ccc(OC)cc1)n1ccc2cc(OCCc3ccc4c(n3)N(C(=O)O)CCC4)ccc21. The van der Waals surface area contributed by atoms with Gasteiger partial charge in [-0.3, -0.25) is 4.90 Å². The minimum atomic E-state index is -0.977. The van der Waals surface area contributed by atoms with Crippen molar-refractivity contribution in [1.29, 1.82) is 0 Å². The van der Waals surface area contributed by atoms with E-state index in [0.29, 0.717) is 36.8 Å². The number of fused-ring (bicyclic) bond motifs is 2. The first-order chi connectivity index (χ1) is 19.5. The number of nitrogens with zero attached hydrogens (tertiary/aromatic N) is 3. The summed E-state index contributed by atoms with van der Waals surface area (Å²) in [5, 5.41) is 10.5. The highest BCUT2D eigenvalue weighted by atomic mass is 16.5. The number of carbonyl (C=O) groups is 2. The molecule has 206 valence electrons. The van der Waals surface area contributed by atoms with Crippen molar-refractivity contribution in [3.05, 3.63) is 89.8 Å². The molecule has 0 saturated heterocycles. The monoisotopic (exact) mass is 541 g/mol. The zero-order chi connectivity index (χ0) is 28.1. The number of carbonyl (C=O) groups excluding carboxylic acids is 1. The van der Waals surface area contributed by atoms with Crippen molar-refractivity contribution in [2.75, 3.05) is 31.8 Å². The molecule has 1 aliphatic rings. The standard InChI is InChI=1S/C31H31N3O6/c1-3-39-29(35)20-28(21-7-10-25(38-2)11-8-21)33-17-14-23-19-26(12-13-27(23)33)40-18-15-24-9-6-22-5-4-16-34(31(36)37)30(22)32-24/h6-14,17,19-20H,3-5,15-16,18H2,1-2H3,(H,36,37)/b28-20+. The topological polar surface area (TPSA) is 103 Å². The number of aryl methyl sites for hydroxylation is 1. The quantitative estimate of drug-likeness (QED) is 0.219. The van der Waals surface area contributed by atoms with Gasteiger partial charge in [-0.2, -0.15) is 0 Å². The molecule has 40 heavy (non-hydrogen) atoms. The van der Waals surface area contributed by atoms with Crippen molar-refractivity contribution in [2.45, 2.75) is 26.2 Å². The number of pyridine rings is 1. The number of methoxy groups -OCH3 is 1. The fourth-order valence-electron chi connectivity index (χ4n) is 4.85. The summed E-state index contributed by atoms with van der Waals surface area (Å²) in [5.41, 5.74) is 4.17. The van der Waals surface area contributed by atoms with Crippen molar-refractivity contribution < 1.29 is 28.9 Å². The second-order valence-electron chi connectivity index (χ2n) is 9.34. The van der Waals surface area contributed by atoms with Gasteiger partial charge in [0.15, 0.2) is 0 Å². The largest absolute Gasteiger partial charge is 0.497 e. The summed E-state index contributed by atoms with van der Waals surface area (Å²) in [6.07, 6.45) is 4.60. The molecular weight excluding hydrogens is 510 g/mol. The summed E-state index contributed by atoms with van der Waals surface area (Å²) < 4.78 is 18.4. The minimum Gasteiger partial charge on any atom is -0.497 e. The second kappa shape index (κ2) is 11.9. The first-order valence-corrected chi connectivity index (χ1v) is 13.2. The lowest BCUT2D eigenvalue weighted by molar-refractivity contribution is -0.137. The van der Waals surface area contributed by atoms with E-state index < -0.39 is 12.1 Å². The number of benzene rings is 2. The van der Waals surface area contributed by atoms with Crippen molar-refractivity contribution in [3.63, 3.8) is 0 Å². The fourth-order valence-corrected chi connectivity index (χ4v) is 4.85. The molecular formula is C31H31N3O6. The highest BCUT2D eigenvalue weighted by Crippen LogP contribution is 2.29. The number of ether oxygens (including phenoxy) is 3. The van der Waals surface area contributed by atoms with Crippen LogP contribution >= 0.6 is 0 Å². The van der Waals surface area contributed by atoms with Gasteiger partial charge in [-0.05, 0) is 85.5 Å². The first kappa shape index (κ1) is 26.8. The maximum absolute atomic E-state index is 12.4. The summed E-state index contributed by atoms with van der Waals surface area (Å²) in [4.78, 5) is 29.9. The number of hydrogen-bond acceptors (Lipinski definition) is 6. The Morgan fingerprint density at radius 3 is 2.60 bits per heavy atom. The molecule has 0 fully saturated rings. The van der Waals surface area contributed by atoms with Gasteiger partial charge in [0, 0.05) is 36.3 Å². The van der Waals surface area contributed by atoms with E-state index >= 15 is 0 Å². The van der Waals surface area contributed by atoms with E-state index in [2.05, 4.69) is 4.98 Å². The molecule has 9 heteroatoms. The van der Waals surface area contributed by atoms with Crippen LogP contribution in [0.5, 0.6) is 11.5 Å². The van der Waals surface area contributed by atoms with E-state index in [1.54, 1.807) is 14.0 Å². The lowest BCUT2D eigenvalue weighted by Crippen LogP contribution is -2.35. The normalized spacial score (nSPS) is 13.2. The molecule has 3 heterocycles. The molecule has 2 aromatic carbocycles. The maximum Gasteiger partial charge on any atom is 0.413 e. The molecule has 0 bridgehead atoms. The summed E-state index contributed by atoms with van der Waals surface area (Å²) in [5.74, 6) is 1.54. The lowest BCUT2D eigenvalue weighted by atomic mass is 10.1. The van der Waals surface area contributed by atoms with Crippen molar-refractivity contribution >= 4 is 34.5 Å². The highest BCUT2D eigenvalue weighted by molar-refractivity contribution is 5.95. The fraction of sp³-hybridized carbons (Fsp3) is 0.258. The van der Waals surface area contributed by atoms with Crippen molar-refractivity contribution in [2.24, 2.45) is 0 Å². The predicted molar refractivity (Wildman–Crippen MR) is 152 cm³/mol. The zero-order valence-corrected chi connectivity index (χ0v) is 22.5. The number of hydrogen-bond donors (Lipinski definition) is 1. The number of amides is 1. The van der Waals surface area contributed by atoms with Crippen LogP contribution in [0.1, 0.15) is 30.2 Å². The molecule has 0 saturated carbocycles. The molecule has 0 atom stereocenters. The molecule has 9 nitrogen and oxygen atoms in total. The Balaban J connectivity index is 1.33. The number of aromatic nitrogens is 2. The molecule has 4 aromatic rings. The third-order valence-electron chi connectivity index (χ3n) is 6.80. The Kier molecular flexibility index (Phi) is 8.00. The molecule has 2 aromatic heterocycles. The van der Waals surface area contributed by atoms with E-state index in [-0.39, 0.29) is 6.61 Å². The molecule has 1 aliphatic heterocycles. The number of anilines is 1. The van der Waals surface area contributed by atoms with Crippen LogP contribution < -0.4 is 14.4 Å². The van der Waals surface area contributed by atoms with E-state index in [0.717, 1.165) is 46.3 Å². The number of carboxylic acid groups (broad SMARTS) is 1. The zero-order valence-electron chi connectivity index (χ0n) is 22.5. The van der Waals surface area contributed by atoms with Gasteiger partial charge in [0.25, 0.3) is 0 Å². The van der Waals surface area contributed by atoms with Crippen LogP contribution in [0.25, 0.3) is 16.6 Å². The summed E-state index contributed by atoms with van der Waals surface area (Å²) in [7, 11) is 1.61. The van der Waals surface area contributed by atoms with E-state index in [1.807, 2.05) is 71.4 Å². The predicted octanol–water partition coefficient (Wildman–Crippen LogP) is 5.55. The van der Waals surface area contributed by atoms with Crippen LogP contribution in [0.15, 0.2) is 72.9 Å². The third kappa shape index (κ3) is 5.78. The Morgan fingerprint density at radius 1 is 1.05 bits per heavy atom. The van der Waals surface area contributed by atoms with Crippen LogP contribution in [0.4, 0.5) is 10.6 Å². The van der Waals surface area contributed by atoms with Gasteiger partial charge in [0.1, 0.15) is 17.3 Å². The van der Waals surface area contributed by atoms with Crippen LogP contribution in [0, 0.1) is 0 Å². The first-order valence-electron chi connectivity index (χ1n) is 13.2. The molecule has 0 radical (unpaired) electrons. The number of rotatable bonds is 9. The summed E-state index contributed by atoms with van der Waals surface area (Å²) in [6, 6.07) is 19.2. The van der Waals surface area contributed by atoms with Gasteiger partial charge >= 0.3 is 12.1 Å². The van der Waals surface area contributed by atoms with E-state index in [9.17, 15) is 14.7 Å². The van der Waals surface area contributed by atoms with Crippen LogP contribution in [0.2, 0.25) is 0 Å². The molecule has 0 spiro atoms. The molecule has 0 unspecified atom stereocenters. The van der Waals surface area contributed by atoms with Gasteiger partial charge < -0.3 is 23.9 Å². The third-order valence-corrected chi connectivity index (χ3v) is 6.80. The van der Waals surface area contributed by atoms with Gasteiger partial charge in [0.2, 0.25) is 0 Å². The Bertz CT molecular complexity index is 1560. The van der Waals surface area contributed by atoms with E-state index in [4.69, 9.17) is 14.2 Å². The summed E-state index contributed by atoms with van der Waals surface area (Å²) >= 11 is 0. The molecule has 0 aliphatic carbocycles.